The second-order valence-corrected chi connectivity index (χ2v) is 12.9. The van der Waals surface area contributed by atoms with E-state index in [-0.39, 0.29) is 23.8 Å². The molecule has 1 amide bonds. The number of ether oxygens (including phenoxy) is 1. The fraction of sp³-hybridized carbons (Fsp3) is 0.806. The summed E-state index contributed by atoms with van der Waals surface area (Å²) in [5.74, 6) is 6.41. The lowest BCUT2D eigenvalue weighted by molar-refractivity contribution is -0.133. The summed E-state index contributed by atoms with van der Waals surface area (Å²) in [6.45, 7) is 14.8. The predicted molar refractivity (Wildman–Crippen MR) is 142 cm³/mol. The molecule has 7 atom stereocenters. The highest BCUT2D eigenvalue weighted by Gasteiger charge is 2.57. The summed E-state index contributed by atoms with van der Waals surface area (Å²) in [6, 6.07) is 0. The van der Waals surface area contributed by atoms with Crippen molar-refractivity contribution in [1.82, 2.24) is 4.90 Å². The fourth-order valence-corrected chi connectivity index (χ4v) is 7.95. The average molecular weight is 484 g/mol. The summed E-state index contributed by atoms with van der Waals surface area (Å²) in [4.78, 5) is 27.3. The Morgan fingerprint density at radius 1 is 1.09 bits per heavy atom. The molecule has 4 aliphatic rings. The van der Waals surface area contributed by atoms with Crippen molar-refractivity contribution in [3.05, 3.63) is 24.0 Å². The SMILES string of the molecule is C=C(C)C(=O)N(CCC(=O)COC=C1CC2CC1C1CC(C3CC3CC)CC21)C(C)(C)CCCC. The van der Waals surface area contributed by atoms with Crippen LogP contribution in [0.25, 0.3) is 0 Å². The number of amides is 1. The Morgan fingerprint density at radius 2 is 1.83 bits per heavy atom. The summed E-state index contributed by atoms with van der Waals surface area (Å²) < 4.78 is 5.86. The van der Waals surface area contributed by atoms with E-state index in [0.717, 1.165) is 54.8 Å². The third kappa shape index (κ3) is 5.72. The zero-order valence-corrected chi connectivity index (χ0v) is 23.0. The van der Waals surface area contributed by atoms with Crippen molar-refractivity contribution in [2.75, 3.05) is 13.2 Å². The van der Waals surface area contributed by atoms with Gasteiger partial charge in [-0.05, 0) is 106 Å². The first kappa shape index (κ1) is 26.5. The summed E-state index contributed by atoms with van der Waals surface area (Å²) in [5, 5.41) is 0. The van der Waals surface area contributed by atoms with Crippen LogP contribution in [0.4, 0.5) is 0 Å². The maximum atomic E-state index is 12.8. The number of fused-ring (bicyclic) bond motifs is 5. The van der Waals surface area contributed by atoms with Crippen molar-refractivity contribution in [1.29, 1.82) is 0 Å². The molecule has 4 rings (SSSR count). The number of hydrogen-bond acceptors (Lipinski definition) is 3. The highest BCUT2D eigenvalue weighted by Crippen LogP contribution is 2.65. The number of hydrogen-bond donors (Lipinski definition) is 0. The maximum Gasteiger partial charge on any atom is 0.249 e. The molecule has 0 spiro atoms. The van der Waals surface area contributed by atoms with Gasteiger partial charge in [0.2, 0.25) is 5.91 Å². The monoisotopic (exact) mass is 483 g/mol. The zero-order valence-electron chi connectivity index (χ0n) is 23.0. The Labute approximate surface area is 213 Å². The second kappa shape index (κ2) is 10.8. The van der Waals surface area contributed by atoms with Crippen molar-refractivity contribution in [3.63, 3.8) is 0 Å². The van der Waals surface area contributed by atoms with E-state index >= 15 is 0 Å². The molecule has 0 aromatic rings. The van der Waals surface area contributed by atoms with E-state index in [0.29, 0.717) is 24.5 Å². The van der Waals surface area contributed by atoms with E-state index in [9.17, 15) is 9.59 Å². The highest BCUT2D eigenvalue weighted by atomic mass is 16.5. The minimum absolute atomic E-state index is 0.0511. The van der Waals surface area contributed by atoms with Crippen molar-refractivity contribution >= 4 is 11.7 Å². The first-order valence-electron chi connectivity index (χ1n) is 14.5. The van der Waals surface area contributed by atoms with Gasteiger partial charge < -0.3 is 9.64 Å². The molecule has 7 unspecified atom stereocenters. The minimum atomic E-state index is -0.286. The summed E-state index contributed by atoms with van der Waals surface area (Å²) in [7, 11) is 0. The number of carbonyl (C=O) groups excluding carboxylic acids is 2. The molecule has 4 aliphatic carbocycles. The van der Waals surface area contributed by atoms with Crippen LogP contribution in [0.3, 0.4) is 0 Å². The Balaban J connectivity index is 1.25. The molecule has 4 heteroatoms. The molecule has 2 bridgehead atoms. The molecule has 0 radical (unpaired) electrons. The molecule has 0 saturated heterocycles. The predicted octanol–water partition coefficient (Wildman–Crippen LogP) is 6.95. The average Bonchev–Trinajstić information content (AvgIpc) is 3.12. The van der Waals surface area contributed by atoms with E-state index in [1.54, 1.807) is 6.92 Å². The van der Waals surface area contributed by atoms with Gasteiger partial charge in [-0.2, -0.15) is 0 Å². The Kier molecular flexibility index (Phi) is 8.18. The van der Waals surface area contributed by atoms with Crippen LogP contribution in [0, 0.1) is 41.4 Å². The topological polar surface area (TPSA) is 46.6 Å². The zero-order chi connectivity index (χ0) is 25.3. The van der Waals surface area contributed by atoms with Crippen LogP contribution in [0.5, 0.6) is 0 Å². The van der Waals surface area contributed by atoms with Gasteiger partial charge in [-0.1, -0.05) is 39.7 Å². The van der Waals surface area contributed by atoms with E-state index in [4.69, 9.17) is 4.74 Å². The van der Waals surface area contributed by atoms with Crippen molar-refractivity contribution in [2.45, 2.75) is 104 Å². The lowest BCUT2D eigenvalue weighted by Crippen LogP contribution is -2.49. The van der Waals surface area contributed by atoms with Crippen LogP contribution >= 0.6 is 0 Å². The van der Waals surface area contributed by atoms with Gasteiger partial charge >= 0.3 is 0 Å². The van der Waals surface area contributed by atoms with Crippen LogP contribution in [0.15, 0.2) is 24.0 Å². The minimum Gasteiger partial charge on any atom is -0.493 e. The largest absolute Gasteiger partial charge is 0.493 e. The molecule has 196 valence electrons. The first-order valence-corrected chi connectivity index (χ1v) is 14.5. The lowest BCUT2D eigenvalue weighted by atomic mass is 9.79. The third-order valence-electron chi connectivity index (χ3n) is 10.0. The third-order valence-corrected chi connectivity index (χ3v) is 10.0. The smallest absolute Gasteiger partial charge is 0.249 e. The van der Waals surface area contributed by atoms with Gasteiger partial charge in [0, 0.05) is 24.1 Å². The second-order valence-electron chi connectivity index (χ2n) is 12.9. The molecule has 4 fully saturated rings. The number of Topliss-reactive ketones (excluding diaryl/α,β-unsaturated/α-hetero) is 1. The van der Waals surface area contributed by atoms with Gasteiger partial charge in [0.05, 0.1) is 6.26 Å². The molecule has 0 heterocycles. The number of rotatable bonds is 13. The van der Waals surface area contributed by atoms with Gasteiger partial charge in [-0.3, -0.25) is 9.59 Å². The van der Waals surface area contributed by atoms with Crippen molar-refractivity contribution in [2.24, 2.45) is 41.4 Å². The molecule has 0 aromatic carbocycles. The van der Waals surface area contributed by atoms with Gasteiger partial charge in [0.25, 0.3) is 0 Å². The van der Waals surface area contributed by atoms with Gasteiger partial charge in [-0.15, -0.1) is 0 Å². The lowest BCUT2D eigenvalue weighted by Gasteiger charge is -2.39. The van der Waals surface area contributed by atoms with Gasteiger partial charge in [-0.25, -0.2) is 0 Å². The molecule has 0 aromatic heterocycles. The van der Waals surface area contributed by atoms with Crippen LogP contribution < -0.4 is 0 Å². The number of unbranched alkanes of at least 4 members (excludes halogenated alkanes) is 1. The van der Waals surface area contributed by atoms with E-state index in [1.807, 2.05) is 11.2 Å². The standard InChI is InChI=1S/C31H49NO3/c1-7-9-11-31(5,6)32(30(34)20(3)4)12-10-25(33)19-35-18-24-13-22-15-28(24)29-17-23(16-27(22)29)26-14-21(26)8-2/h18,21-23,26-29H,3,7-17,19H2,1-2,4-6H3. The quantitative estimate of drug-likeness (QED) is 0.210. The highest BCUT2D eigenvalue weighted by molar-refractivity contribution is 5.93. The first-order chi connectivity index (χ1) is 16.7. The molecule has 4 nitrogen and oxygen atoms in total. The normalized spacial score (nSPS) is 34.2. The van der Waals surface area contributed by atoms with Crippen LogP contribution in [0.1, 0.15) is 98.8 Å². The molecule has 0 aliphatic heterocycles. The van der Waals surface area contributed by atoms with E-state index in [2.05, 4.69) is 34.3 Å². The van der Waals surface area contributed by atoms with E-state index < -0.39 is 0 Å². The molecular weight excluding hydrogens is 434 g/mol. The molecule has 0 N–H and O–H groups in total. The Bertz CT molecular complexity index is 842. The summed E-state index contributed by atoms with van der Waals surface area (Å²) in [5.41, 5.74) is 1.71. The summed E-state index contributed by atoms with van der Waals surface area (Å²) >= 11 is 0. The van der Waals surface area contributed by atoms with E-state index in [1.165, 1.54) is 44.1 Å². The maximum absolute atomic E-state index is 12.8. The van der Waals surface area contributed by atoms with Crippen LogP contribution in [0.2, 0.25) is 0 Å². The molecular formula is C31H49NO3. The fourth-order valence-electron chi connectivity index (χ4n) is 7.95. The Hall–Kier alpha value is -1.58. The van der Waals surface area contributed by atoms with Gasteiger partial charge in [0.15, 0.2) is 5.78 Å². The summed E-state index contributed by atoms with van der Waals surface area (Å²) in [6.07, 6.45) is 13.6. The van der Waals surface area contributed by atoms with Crippen LogP contribution in [-0.4, -0.2) is 35.3 Å². The number of nitrogens with zero attached hydrogens (tertiary/aromatic N) is 1. The number of ketones is 1. The van der Waals surface area contributed by atoms with Crippen molar-refractivity contribution < 1.29 is 14.3 Å². The molecule has 35 heavy (non-hydrogen) atoms. The van der Waals surface area contributed by atoms with Crippen molar-refractivity contribution in [3.8, 4) is 0 Å². The Morgan fingerprint density at radius 3 is 2.49 bits per heavy atom. The number of allylic oxidation sites excluding steroid dienone is 1. The van der Waals surface area contributed by atoms with Gasteiger partial charge in [0.1, 0.15) is 6.61 Å². The van der Waals surface area contributed by atoms with Crippen LogP contribution in [-0.2, 0) is 14.3 Å². The number of carbonyl (C=O) groups is 2. The molecule has 4 saturated carbocycles.